The molecule has 1 N–H and O–H groups in total. The fourth-order valence-corrected chi connectivity index (χ4v) is 5.11. The molecule has 196 valence electrons. The summed E-state index contributed by atoms with van der Waals surface area (Å²) < 4.78 is 8.39. The Balaban J connectivity index is 1.84. The second kappa shape index (κ2) is 10.9. The molecule has 37 heavy (non-hydrogen) atoms. The number of rotatable bonds is 10. The number of carboxylic acids is 1. The van der Waals surface area contributed by atoms with E-state index in [2.05, 4.69) is 42.5 Å². The Bertz CT molecular complexity index is 1370. The SMILES string of the molecule is CC(C)(C)CCc1c(CC(C)(C)C(=O)O)n(Cc2ccc(Cl)cc2)c2ccc(OCc3cscn3)cc12. The molecule has 4 rings (SSSR count). The van der Waals surface area contributed by atoms with Crippen LogP contribution in [0.2, 0.25) is 5.02 Å². The van der Waals surface area contributed by atoms with Crippen molar-refractivity contribution in [3.63, 3.8) is 0 Å². The van der Waals surface area contributed by atoms with E-state index >= 15 is 0 Å². The third kappa shape index (κ3) is 6.74. The summed E-state index contributed by atoms with van der Waals surface area (Å²) in [5.74, 6) is -0.0185. The van der Waals surface area contributed by atoms with Crippen LogP contribution in [0.3, 0.4) is 0 Å². The predicted molar refractivity (Wildman–Crippen MR) is 152 cm³/mol. The Labute approximate surface area is 228 Å². The van der Waals surface area contributed by atoms with Crippen LogP contribution in [0.4, 0.5) is 0 Å². The number of carboxylic acid groups (broad SMARTS) is 1. The maximum Gasteiger partial charge on any atom is 0.309 e. The van der Waals surface area contributed by atoms with Crippen molar-refractivity contribution in [3.8, 4) is 5.75 Å². The molecule has 0 saturated carbocycles. The van der Waals surface area contributed by atoms with Gasteiger partial charge in [-0.05, 0) is 73.6 Å². The normalized spacial score (nSPS) is 12.3. The van der Waals surface area contributed by atoms with Crippen LogP contribution in [0.1, 0.15) is 63.6 Å². The molecule has 0 aliphatic carbocycles. The predicted octanol–water partition coefficient (Wildman–Crippen LogP) is 8.01. The minimum Gasteiger partial charge on any atom is -0.487 e. The van der Waals surface area contributed by atoms with E-state index in [9.17, 15) is 9.90 Å². The number of aryl methyl sites for hydroxylation is 1. The summed E-state index contributed by atoms with van der Waals surface area (Å²) in [5, 5.41) is 13.8. The first-order valence-corrected chi connectivity index (χ1v) is 13.9. The van der Waals surface area contributed by atoms with Gasteiger partial charge in [0.2, 0.25) is 0 Å². The Hall–Kier alpha value is -2.83. The van der Waals surface area contributed by atoms with Crippen molar-refractivity contribution in [2.45, 2.75) is 67.0 Å². The first kappa shape index (κ1) is 27.2. The van der Waals surface area contributed by atoms with Gasteiger partial charge < -0.3 is 14.4 Å². The first-order valence-electron chi connectivity index (χ1n) is 12.5. The molecule has 4 aromatic rings. The summed E-state index contributed by atoms with van der Waals surface area (Å²) in [6.07, 6.45) is 2.27. The number of halogens is 1. The highest BCUT2D eigenvalue weighted by Gasteiger charge is 2.31. The molecule has 5 nitrogen and oxygen atoms in total. The number of thiazole rings is 1. The average Bonchev–Trinajstić information content (AvgIpc) is 3.44. The number of ether oxygens (including phenoxy) is 1. The third-order valence-corrected chi connectivity index (χ3v) is 7.58. The smallest absolute Gasteiger partial charge is 0.309 e. The third-order valence-electron chi connectivity index (χ3n) is 6.70. The molecule has 0 saturated heterocycles. The van der Waals surface area contributed by atoms with Crippen LogP contribution in [-0.2, 0) is 30.8 Å². The summed E-state index contributed by atoms with van der Waals surface area (Å²) in [6.45, 7) is 11.4. The lowest BCUT2D eigenvalue weighted by molar-refractivity contribution is -0.146. The van der Waals surface area contributed by atoms with Crippen molar-refractivity contribution < 1.29 is 14.6 Å². The Kier molecular flexibility index (Phi) is 8.00. The first-order chi connectivity index (χ1) is 17.4. The van der Waals surface area contributed by atoms with Crippen LogP contribution in [-0.4, -0.2) is 20.6 Å². The Morgan fingerprint density at radius 3 is 2.46 bits per heavy atom. The van der Waals surface area contributed by atoms with Crippen molar-refractivity contribution in [1.29, 1.82) is 0 Å². The highest BCUT2D eigenvalue weighted by Crippen LogP contribution is 2.37. The van der Waals surface area contributed by atoms with E-state index in [-0.39, 0.29) is 5.41 Å². The summed E-state index contributed by atoms with van der Waals surface area (Å²) in [4.78, 5) is 16.5. The molecule has 7 heteroatoms. The maximum absolute atomic E-state index is 12.2. The molecule has 0 spiro atoms. The van der Waals surface area contributed by atoms with Gasteiger partial charge in [0.1, 0.15) is 12.4 Å². The van der Waals surface area contributed by atoms with Gasteiger partial charge in [0.05, 0.1) is 16.6 Å². The van der Waals surface area contributed by atoms with E-state index in [1.807, 2.05) is 35.7 Å². The lowest BCUT2D eigenvalue weighted by atomic mass is 9.84. The molecule has 0 radical (unpaired) electrons. The Morgan fingerprint density at radius 2 is 1.84 bits per heavy atom. The fourth-order valence-electron chi connectivity index (χ4n) is 4.44. The van der Waals surface area contributed by atoms with Gasteiger partial charge >= 0.3 is 5.97 Å². The largest absolute Gasteiger partial charge is 0.487 e. The van der Waals surface area contributed by atoms with Crippen molar-refractivity contribution >= 4 is 39.8 Å². The van der Waals surface area contributed by atoms with Gasteiger partial charge in [0.15, 0.2) is 0 Å². The van der Waals surface area contributed by atoms with E-state index in [1.54, 1.807) is 30.7 Å². The number of benzene rings is 2. The zero-order chi connectivity index (χ0) is 26.8. The molecule has 2 aromatic heterocycles. The summed E-state index contributed by atoms with van der Waals surface area (Å²) in [7, 11) is 0. The topological polar surface area (TPSA) is 64.3 Å². The van der Waals surface area contributed by atoms with Gasteiger partial charge in [-0.25, -0.2) is 4.98 Å². The van der Waals surface area contributed by atoms with E-state index in [0.29, 0.717) is 24.6 Å². The lowest BCUT2D eigenvalue weighted by Gasteiger charge is -2.23. The molecule has 0 unspecified atom stereocenters. The van der Waals surface area contributed by atoms with Gasteiger partial charge in [0, 0.05) is 40.0 Å². The van der Waals surface area contributed by atoms with E-state index < -0.39 is 11.4 Å². The van der Waals surface area contributed by atoms with Gasteiger partial charge in [-0.2, -0.15) is 0 Å². The second-order valence-corrected chi connectivity index (χ2v) is 12.7. The van der Waals surface area contributed by atoms with Crippen LogP contribution in [0, 0.1) is 10.8 Å². The number of hydrogen-bond donors (Lipinski definition) is 1. The standard InChI is InChI=1S/C30H35ClN2O3S/c1-29(2,3)13-12-24-25-14-23(36-17-22-18-37-19-32-22)10-11-26(25)33(16-20-6-8-21(31)9-7-20)27(24)15-30(4,5)28(34)35/h6-11,14,18-19H,12-13,15-17H2,1-5H3,(H,34,35). The average molecular weight is 539 g/mol. The number of fused-ring (bicyclic) bond motifs is 1. The number of hydrogen-bond acceptors (Lipinski definition) is 4. The van der Waals surface area contributed by atoms with Crippen molar-refractivity contribution in [2.75, 3.05) is 0 Å². The molecule has 0 amide bonds. The lowest BCUT2D eigenvalue weighted by Crippen LogP contribution is -2.28. The van der Waals surface area contributed by atoms with Gasteiger partial charge in [-0.15, -0.1) is 11.3 Å². The quantitative estimate of drug-likeness (QED) is 0.222. The van der Waals surface area contributed by atoms with E-state index in [1.165, 1.54) is 5.56 Å². The molecule has 0 aliphatic rings. The summed E-state index contributed by atoms with van der Waals surface area (Å²) in [6, 6.07) is 14.0. The number of aliphatic carboxylic acids is 1. The number of nitrogens with zero attached hydrogens (tertiary/aromatic N) is 2. The second-order valence-electron chi connectivity index (χ2n) is 11.5. The fraction of sp³-hybridized carbons (Fsp3) is 0.400. The van der Waals surface area contributed by atoms with Crippen LogP contribution >= 0.6 is 22.9 Å². The minimum absolute atomic E-state index is 0.142. The molecule has 0 fully saturated rings. The van der Waals surface area contributed by atoms with Crippen LogP contribution in [0.25, 0.3) is 10.9 Å². The zero-order valence-electron chi connectivity index (χ0n) is 22.2. The van der Waals surface area contributed by atoms with Crippen molar-refractivity contribution in [1.82, 2.24) is 9.55 Å². The highest BCUT2D eigenvalue weighted by atomic mass is 35.5. The highest BCUT2D eigenvalue weighted by molar-refractivity contribution is 7.07. The summed E-state index contributed by atoms with van der Waals surface area (Å²) >= 11 is 7.70. The van der Waals surface area contributed by atoms with Gasteiger partial charge in [-0.3, -0.25) is 4.79 Å². The van der Waals surface area contributed by atoms with Crippen LogP contribution < -0.4 is 4.74 Å². The monoisotopic (exact) mass is 538 g/mol. The molecule has 0 atom stereocenters. The minimum atomic E-state index is -0.910. The molecular formula is C30H35ClN2O3S. The number of carbonyl (C=O) groups is 1. The Morgan fingerprint density at radius 1 is 1.11 bits per heavy atom. The molecule has 2 aromatic carbocycles. The maximum atomic E-state index is 12.2. The van der Waals surface area contributed by atoms with E-state index in [4.69, 9.17) is 16.3 Å². The van der Waals surface area contributed by atoms with E-state index in [0.717, 1.165) is 46.4 Å². The summed E-state index contributed by atoms with van der Waals surface area (Å²) in [5.41, 5.74) is 6.40. The zero-order valence-corrected chi connectivity index (χ0v) is 23.7. The number of aromatic nitrogens is 2. The van der Waals surface area contributed by atoms with Crippen LogP contribution in [0.15, 0.2) is 53.4 Å². The van der Waals surface area contributed by atoms with Gasteiger partial charge in [-0.1, -0.05) is 44.5 Å². The van der Waals surface area contributed by atoms with Gasteiger partial charge in [0.25, 0.3) is 0 Å². The van der Waals surface area contributed by atoms with Crippen LogP contribution in [0.5, 0.6) is 5.75 Å². The van der Waals surface area contributed by atoms with Crippen molar-refractivity contribution in [2.24, 2.45) is 10.8 Å². The molecule has 0 aliphatic heterocycles. The molecule has 0 bridgehead atoms. The van der Waals surface area contributed by atoms with Crippen molar-refractivity contribution in [3.05, 3.63) is 80.9 Å². The molecular weight excluding hydrogens is 504 g/mol. The molecule has 2 heterocycles.